The molecule has 0 aliphatic carbocycles. The van der Waals surface area contributed by atoms with Crippen LogP contribution in [0.4, 0.5) is 5.82 Å². The molecule has 1 N–H and O–H groups in total. The largest absolute Gasteiger partial charge is 0.307 e. The summed E-state index contributed by atoms with van der Waals surface area (Å²) in [4.78, 5) is 25.0. The lowest BCUT2D eigenvalue weighted by Crippen LogP contribution is -2.15. The van der Waals surface area contributed by atoms with Gasteiger partial charge in [0, 0.05) is 31.7 Å². The first-order chi connectivity index (χ1) is 11.5. The van der Waals surface area contributed by atoms with Crippen LogP contribution >= 0.6 is 0 Å². The zero-order valence-electron chi connectivity index (χ0n) is 13.8. The minimum absolute atomic E-state index is 0.277. The van der Waals surface area contributed by atoms with Crippen LogP contribution in [0.5, 0.6) is 0 Å². The average Bonchev–Trinajstić information content (AvgIpc) is 2.97. The van der Waals surface area contributed by atoms with Gasteiger partial charge in [0.05, 0.1) is 11.3 Å². The zero-order valence-corrected chi connectivity index (χ0v) is 13.8. The Labute approximate surface area is 139 Å². The molecule has 3 aromatic heterocycles. The molecule has 0 radical (unpaired) electrons. The standard InChI is InChI=1S/C17H18N6O/c1-11(2)14-8-15(23(3)22-14)21-17(24)12-9-19-16(20-10-12)13-6-4-5-7-18-13/h4-11H,1-3H3,(H,21,24). The molecule has 24 heavy (non-hydrogen) atoms. The van der Waals surface area contributed by atoms with Crippen LogP contribution in [-0.4, -0.2) is 30.6 Å². The number of nitrogens with one attached hydrogen (secondary N) is 1. The predicted molar refractivity (Wildman–Crippen MR) is 90.5 cm³/mol. The van der Waals surface area contributed by atoms with Gasteiger partial charge in [-0.3, -0.25) is 14.5 Å². The van der Waals surface area contributed by atoms with Crippen molar-refractivity contribution < 1.29 is 4.79 Å². The summed E-state index contributed by atoms with van der Waals surface area (Å²) < 4.78 is 1.65. The summed E-state index contributed by atoms with van der Waals surface area (Å²) in [6, 6.07) is 7.37. The molecule has 7 nitrogen and oxygen atoms in total. The van der Waals surface area contributed by atoms with Crippen LogP contribution in [0.1, 0.15) is 35.8 Å². The molecule has 0 spiro atoms. The molecular weight excluding hydrogens is 304 g/mol. The van der Waals surface area contributed by atoms with E-state index >= 15 is 0 Å². The van der Waals surface area contributed by atoms with Crippen molar-refractivity contribution in [3.63, 3.8) is 0 Å². The van der Waals surface area contributed by atoms with Crippen LogP contribution in [-0.2, 0) is 7.05 Å². The fourth-order valence-corrected chi connectivity index (χ4v) is 2.15. The van der Waals surface area contributed by atoms with E-state index in [9.17, 15) is 4.79 Å². The number of carbonyl (C=O) groups is 1. The molecule has 122 valence electrons. The lowest BCUT2D eigenvalue weighted by Gasteiger charge is -2.05. The van der Waals surface area contributed by atoms with E-state index < -0.39 is 0 Å². The smallest absolute Gasteiger partial charge is 0.259 e. The van der Waals surface area contributed by atoms with E-state index in [2.05, 4.69) is 39.2 Å². The van der Waals surface area contributed by atoms with Gasteiger partial charge in [-0.1, -0.05) is 19.9 Å². The quantitative estimate of drug-likeness (QED) is 0.798. The number of rotatable bonds is 4. The van der Waals surface area contributed by atoms with Gasteiger partial charge in [-0.2, -0.15) is 5.10 Å². The monoisotopic (exact) mass is 322 g/mol. The Morgan fingerprint density at radius 1 is 1.17 bits per heavy atom. The second-order valence-corrected chi connectivity index (χ2v) is 5.70. The van der Waals surface area contributed by atoms with Crippen molar-refractivity contribution in [3.8, 4) is 11.5 Å². The van der Waals surface area contributed by atoms with E-state index in [1.807, 2.05) is 24.3 Å². The first-order valence-corrected chi connectivity index (χ1v) is 7.63. The maximum atomic E-state index is 12.3. The lowest BCUT2D eigenvalue weighted by molar-refractivity contribution is 0.102. The number of carbonyl (C=O) groups excluding carboxylic acids is 1. The van der Waals surface area contributed by atoms with E-state index in [1.54, 1.807) is 17.9 Å². The number of nitrogens with zero attached hydrogens (tertiary/aromatic N) is 5. The van der Waals surface area contributed by atoms with Crippen LogP contribution in [0.15, 0.2) is 42.9 Å². The van der Waals surface area contributed by atoms with Crippen LogP contribution in [0.3, 0.4) is 0 Å². The van der Waals surface area contributed by atoms with Crippen molar-refractivity contribution in [3.05, 3.63) is 54.1 Å². The Kier molecular flexibility index (Phi) is 4.33. The molecule has 0 aliphatic rings. The van der Waals surface area contributed by atoms with Crippen molar-refractivity contribution >= 4 is 11.7 Å². The fourth-order valence-electron chi connectivity index (χ4n) is 2.15. The van der Waals surface area contributed by atoms with Crippen LogP contribution < -0.4 is 5.32 Å². The topological polar surface area (TPSA) is 85.6 Å². The van der Waals surface area contributed by atoms with Crippen molar-refractivity contribution in [2.24, 2.45) is 7.05 Å². The summed E-state index contributed by atoms with van der Waals surface area (Å²) >= 11 is 0. The second kappa shape index (κ2) is 6.57. The van der Waals surface area contributed by atoms with Crippen LogP contribution in [0, 0.1) is 0 Å². The maximum absolute atomic E-state index is 12.3. The number of anilines is 1. The summed E-state index contributed by atoms with van der Waals surface area (Å²) in [6.07, 6.45) is 4.66. The van der Waals surface area contributed by atoms with Crippen molar-refractivity contribution in [1.29, 1.82) is 0 Å². The van der Waals surface area contributed by atoms with Crippen molar-refractivity contribution in [1.82, 2.24) is 24.7 Å². The number of amides is 1. The Bertz CT molecular complexity index is 839. The summed E-state index contributed by atoms with van der Waals surface area (Å²) in [6.45, 7) is 4.11. The maximum Gasteiger partial charge on any atom is 0.259 e. The molecule has 0 unspecified atom stereocenters. The highest BCUT2D eigenvalue weighted by molar-refractivity contribution is 6.03. The summed E-state index contributed by atoms with van der Waals surface area (Å²) in [5.41, 5.74) is 1.97. The van der Waals surface area contributed by atoms with Crippen molar-refractivity contribution in [2.45, 2.75) is 19.8 Å². The Balaban J connectivity index is 1.76. The number of pyridine rings is 1. The molecule has 0 bridgehead atoms. The van der Waals surface area contributed by atoms with E-state index in [-0.39, 0.29) is 5.91 Å². The van der Waals surface area contributed by atoms with Gasteiger partial charge in [0.1, 0.15) is 11.5 Å². The van der Waals surface area contributed by atoms with Gasteiger partial charge < -0.3 is 5.32 Å². The van der Waals surface area contributed by atoms with Gasteiger partial charge in [0.2, 0.25) is 0 Å². The van der Waals surface area contributed by atoms with Crippen molar-refractivity contribution in [2.75, 3.05) is 5.32 Å². The third-order valence-corrected chi connectivity index (χ3v) is 3.54. The van der Waals surface area contributed by atoms with E-state index in [4.69, 9.17) is 0 Å². The minimum atomic E-state index is -0.277. The highest BCUT2D eigenvalue weighted by Crippen LogP contribution is 2.18. The predicted octanol–water partition coefficient (Wildman–Crippen LogP) is 2.65. The van der Waals surface area contributed by atoms with E-state index in [1.165, 1.54) is 12.4 Å². The number of hydrogen-bond acceptors (Lipinski definition) is 5. The van der Waals surface area contributed by atoms with E-state index in [0.717, 1.165) is 5.69 Å². The normalized spacial score (nSPS) is 10.8. The van der Waals surface area contributed by atoms with E-state index in [0.29, 0.717) is 28.8 Å². The first kappa shape index (κ1) is 15.8. The lowest BCUT2D eigenvalue weighted by atomic mass is 10.1. The third kappa shape index (κ3) is 3.29. The third-order valence-electron chi connectivity index (χ3n) is 3.54. The van der Waals surface area contributed by atoms with Crippen LogP contribution in [0.25, 0.3) is 11.5 Å². The highest BCUT2D eigenvalue weighted by atomic mass is 16.1. The molecule has 3 aromatic rings. The molecule has 0 fully saturated rings. The molecule has 3 rings (SSSR count). The molecule has 0 atom stereocenters. The molecule has 0 aromatic carbocycles. The minimum Gasteiger partial charge on any atom is -0.307 e. The molecule has 7 heteroatoms. The highest BCUT2D eigenvalue weighted by Gasteiger charge is 2.13. The molecule has 0 saturated carbocycles. The van der Waals surface area contributed by atoms with Gasteiger partial charge >= 0.3 is 0 Å². The van der Waals surface area contributed by atoms with Gasteiger partial charge in [-0.25, -0.2) is 9.97 Å². The van der Waals surface area contributed by atoms with Gasteiger partial charge in [0.25, 0.3) is 5.91 Å². The number of hydrogen-bond donors (Lipinski definition) is 1. The van der Waals surface area contributed by atoms with Gasteiger partial charge in [-0.15, -0.1) is 0 Å². The Morgan fingerprint density at radius 3 is 2.50 bits per heavy atom. The number of aryl methyl sites for hydroxylation is 1. The fraction of sp³-hybridized carbons (Fsp3) is 0.235. The van der Waals surface area contributed by atoms with Gasteiger partial charge in [0.15, 0.2) is 5.82 Å². The molecule has 0 saturated heterocycles. The summed E-state index contributed by atoms with van der Waals surface area (Å²) in [7, 11) is 1.79. The first-order valence-electron chi connectivity index (χ1n) is 7.63. The summed E-state index contributed by atoms with van der Waals surface area (Å²) in [5, 5.41) is 7.20. The molecular formula is C17H18N6O. The zero-order chi connectivity index (χ0) is 17.1. The molecule has 3 heterocycles. The Hall–Kier alpha value is -3.09. The summed E-state index contributed by atoms with van der Waals surface area (Å²) in [5.74, 6) is 1.14. The van der Waals surface area contributed by atoms with Crippen LogP contribution in [0.2, 0.25) is 0 Å². The second-order valence-electron chi connectivity index (χ2n) is 5.70. The number of aromatic nitrogens is 5. The molecule has 1 amide bonds. The average molecular weight is 322 g/mol. The Morgan fingerprint density at radius 2 is 1.92 bits per heavy atom. The SMILES string of the molecule is CC(C)c1cc(NC(=O)c2cnc(-c3ccccn3)nc2)n(C)n1. The molecule has 0 aliphatic heterocycles. The van der Waals surface area contributed by atoms with Gasteiger partial charge in [-0.05, 0) is 18.1 Å².